The molecule has 1 aliphatic rings. The minimum Gasteiger partial charge on any atom is -0.410 e. The smallest absolute Gasteiger partial charge is 0.410 e. The van der Waals surface area contributed by atoms with Gasteiger partial charge in [-0.05, 0) is 81.0 Å². The van der Waals surface area contributed by atoms with Gasteiger partial charge in [-0.3, -0.25) is 0 Å². The lowest BCUT2D eigenvalue weighted by molar-refractivity contribution is 0.165. The summed E-state index contributed by atoms with van der Waals surface area (Å²) in [6.07, 6.45) is 10.1. The number of nitrogens with one attached hydrogen (secondary N) is 1. The van der Waals surface area contributed by atoms with Crippen LogP contribution in [-0.2, 0) is 17.5 Å². The van der Waals surface area contributed by atoms with Gasteiger partial charge in [0.25, 0.3) is 0 Å². The summed E-state index contributed by atoms with van der Waals surface area (Å²) in [6, 6.07) is 15.7. The number of imidazole rings is 1. The predicted molar refractivity (Wildman–Crippen MR) is 178 cm³/mol. The maximum Gasteiger partial charge on any atom is 0.414 e. The number of anilines is 2. The second-order valence-electron chi connectivity index (χ2n) is 11.8. The Morgan fingerprint density at radius 2 is 1.77 bits per heavy atom. The van der Waals surface area contributed by atoms with Gasteiger partial charge in [0.2, 0.25) is 0 Å². The fraction of sp³-hybridized carbons (Fsp3) is 0.471. The van der Waals surface area contributed by atoms with Crippen LogP contribution in [0.2, 0.25) is 0 Å². The van der Waals surface area contributed by atoms with Crippen LogP contribution in [0, 0.1) is 0 Å². The standard InChI is InChI=1S/C34H45N6O3P/c1-5-21-44(42,22-6-2)29-17-15-27(16-18-29)36-32-30-33(38-31(37-32)26-12-8-9-13-26)40(24-35-30)20-19-25-11-10-14-28(23-25)43-34(41)39(4)7-3/h10-11,14-18,23-24,26H,5-9,12-13,19-22H2,1-4H3,(H,36,37,38). The molecule has 234 valence electrons. The SMILES string of the molecule is CCCP(=O)(CCC)c1ccc(Nc2nc(C3CCCC3)nc3c2ncn3CCc2cccc(OC(=O)N(C)CC)c2)cc1. The first-order valence-corrected chi connectivity index (χ1v) is 18.1. The fourth-order valence-electron chi connectivity index (χ4n) is 5.95. The quantitative estimate of drug-likeness (QED) is 0.153. The normalized spacial score (nSPS) is 13.8. The highest BCUT2D eigenvalue weighted by molar-refractivity contribution is 7.71. The van der Waals surface area contributed by atoms with E-state index in [-0.39, 0.29) is 6.09 Å². The van der Waals surface area contributed by atoms with E-state index in [0.717, 1.165) is 78.0 Å². The van der Waals surface area contributed by atoms with Gasteiger partial charge in [-0.15, -0.1) is 0 Å². The maximum atomic E-state index is 13.6. The number of benzene rings is 2. The predicted octanol–water partition coefficient (Wildman–Crippen LogP) is 7.73. The second-order valence-corrected chi connectivity index (χ2v) is 15.0. The van der Waals surface area contributed by atoms with Gasteiger partial charge in [-0.1, -0.05) is 38.8 Å². The summed E-state index contributed by atoms with van der Waals surface area (Å²) in [4.78, 5) is 28.5. The van der Waals surface area contributed by atoms with Gasteiger partial charge in [0, 0.05) is 49.4 Å². The Morgan fingerprint density at radius 3 is 2.45 bits per heavy atom. The van der Waals surface area contributed by atoms with Crippen molar-refractivity contribution in [2.75, 3.05) is 31.2 Å². The van der Waals surface area contributed by atoms with Crippen LogP contribution < -0.4 is 15.4 Å². The van der Waals surface area contributed by atoms with Gasteiger partial charge < -0.3 is 24.1 Å². The average Bonchev–Trinajstić information content (AvgIpc) is 3.71. The van der Waals surface area contributed by atoms with Crippen molar-refractivity contribution in [1.82, 2.24) is 24.4 Å². The van der Waals surface area contributed by atoms with Crippen molar-refractivity contribution in [3.05, 3.63) is 66.2 Å². The lowest BCUT2D eigenvalue weighted by Gasteiger charge is -2.18. The van der Waals surface area contributed by atoms with Crippen molar-refractivity contribution >= 4 is 41.2 Å². The third-order valence-electron chi connectivity index (χ3n) is 8.50. The molecule has 0 spiro atoms. The second kappa shape index (κ2) is 14.4. The molecular formula is C34H45N6O3P. The van der Waals surface area contributed by atoms with Crippen molar-refractivity contribution in [3.63, 3.8) is 0 Å². The Bertz CT molecular complexity index is 1600. The van der Waals surface area contributed by atoms with E-state index in [1.165, 1.54) is 17.7 Å². The Labute approximate surface area is 260 Å². The molecule has 1 fully saturated rings. The number of aromatic nitrogens is 4. The molecule has 44 heavy (non-hydrogen) atoms. The summed E-state index contributed by atoms with van der Waals surface area (Å²) in [7, 11) is -0.660. The molecule has 2 aromatic heterocycles. The van der Waals surface area contributed by atoms with Crippen molar-refractivity contribution in [1.29, 1.82) is 0 Å². The molecule has 1 amide bonds. The Hall–Kier alpha value is -3.71. The number of rotatable bonds is 13. The number of hydrogen-bond donors (Lipinski definition) is 1. The Balaban J connectivity index is 1.39. The van der Waals surface area contributed by atoms with Gasteiger partial charge in [-0.2, -0.15) is 0 Å². The van der Waals surface area contributed by atoms with Crippen LogP contribution in [0.25, 0.3) is 11.2 Å². The average molecular weight is 617 g/mol. The summed E-state index contributed by atoms with van der Waals surface area (Å²) >= 11 is 0. The molecular weight excluding hydrogens is 571 g/mol. The first-order valence-electron chi connectivity index (χ1n) is 16.0. The van der Waals surface area contributed by atoms with E-state index in [4.69, 9.17) is 19.7 Å². The zero-order valence-corrected chi connectivity index (χ0v) is 27.4. The van der Waals surface area contributed by atoms with Crippen LogP contribution in [0.15, 0.2) is 54.9 Å². The number of carbonyl (C=O) groups excluding carboxylic acids is 1. The lowest BCUT2D eigenvalue weighted by Crippen LogP contribution is -2.29. The van der Waals surface area contributed by atoms with Crippen molar-refractivity contribution in [3.8, 4) is 5.75 Å². The van der Waals surface area contributed by atoms with E-state index < -0.39 is 7.14 Å². The van der Waals surface area contributed by atoms with Crippen LogP contribution in [0.1, 0.15) is 76.6 Å². The number of amides is 1. The molecule has 2 heterocycles. The third kappa shape index (κ3) is 7.32. The van der Waals surface area contributed by atoms with Gasteiger partial charge in [0.05, 0.1) is 6.33 Å². The van der Waals surface area contributed by atoms with Gasteiger partial charge in [0.15, 0.2) is 17.0 Å². The largest absolute Gasteiger partial charge is 0.414 e. The number of nitrogens with zero attached hydrogens (tertiary/aromatic N) is 5. The van der Waals surface area contributed by atoms with Gasteiger partial charge in [0.1, 0.15) is 18.7 Å². The van der Waals surface area contributed by atoms with Gasteiger partial charge >= 0.3 is 6.09 Å². The maximum absolute atomic E-state index is 13.6. The molecule has 2 aromatic carbocycles. The molecule has 0 aliphatic heterocycles. The molecule has 0 radical (unpaired) electrons. The number of ether oxygens (including phenoxy) is 1. The summed E-state index contributed by atoms with van der Waals surface area (Å²) in [6.45, 7) is 7.36. The van der Waals surface area contributed by atoms with Gasteiger partial charge in [-0.25, -0.2) is 19.7 Å². The van der Waals surface area contributed by atoms with Crippen LogP contribution in [0.4, 0.5) is 16.3 Å². The summed E-state index contributed by atoms with van der Waals surface area (Å²) < 4.78 is 21.3. The zero-order valence-electron chi connectivity index (χ0n) is 26.5. The number of carbonyl (C=O) groups is 1. The highest BCUT2D eigenvalue weighted by atomic mass is 31.2. The third-order valence-corrected chi connectivity index (χ3v) is 12.1. The highest BCUT2D eigenvalue weighted by Gasteiger charge is 2.24. The molecule has 0 bridgehead atoms. The van der Waals surface area contributed by atoms with E-state index >= 15 is 0 Å². The summed E-state index contributed by atoms with van der Waals surface area (Å²) in [5.41, 5.74) is 3.48. The minimum atomic E-state index is -2.38. The molecule has 1 saturated carbocycles. The van der Waals surface area contributed by atoms with Crippen LogP contribution in [0.5, 0.6) is 5.75 Å². The first kappa shape index (κ1) is 31.7. The van der Waals surface area contributed by atoms with Crippen molar-refractivity contribution in [2.45, 2.75) is 78.2 Å². The number of fused-ring (bicyclic) bond motifs is 1. The van der Waals surface area contributed by atoms with Crippen LogP contribution in [-0.4, -0.2) is 56.4 Å². The topological polar surface area (TPSA) is 102 Å². The molecule has 1 N–H and O–H groups in total. The number of hydrogen-bond acceptors (Lipinski definition) is 7. The molecule has 0 unspecified atom stereocenters. The van der Waals surface area contributed by atoms with E-state index in [2.05, 4.69) is 23.7 Å². The molecule has 1 aliphatic carbocycles. The lowest BCUT2D eigenvalue weighted by atomic mass is 10.1. The van der Waals surface area contributed by atoms with E-state index in [1.807, 2.05) is 55.7 Å². The fourth-order valence-corrected chi connectivity index (χ4v) is 8.82. The van der Waals surface area contributed by atoms with Crippen LogP contribution >= 0.6 is 7.14 Å². The molecule has 10 heteroatoms. The number of aryl methyl sites for hydroxylation is 2. The summed E-state index contributed by atoms with van der Waals surface area (Å²) in [5, 5.41) is 4.46. The Morgan fingerprint density at radius 1 is 1.05 bits per heavy atom. The minimum absolute atomic E-state index is 0.340. The first-order chi connectivity index (χ1) is 21.3. The monoisotopic (exact) mass is 616 g/mol. The van der Waals surface area contributed by atoms with Crippen LogP contribution in [0.3, 0.4) is 0 Å². The zero-order chi connectivity index (χ0) is 31.1. The van der Waals surface area contributed by atoms with Crippen molar-refractivity contribution in [2.24, 2.45) is 0 Å². The molecule has 0 saturated heterocycles. The molecule has 5 rings (SSSR count). The van der Waals surface area contributed by atoms with Crippen molar-refractivity contribution < 1.29 is 14.1 Å². The molecule has 0 atom stereocenters. The summed E-state index contributed by atoms with van der Waals surface area (Å²) in [5.74, 6) is 2.43. The van der Waals surface area contributed by atoms with E-state index in [0.29, 0.717) is 30.6 Å². The van der Waals surface area contributed by atoms with E-state index in [1.54, 1.807) is 13.1 Å². The molecule has 4 aromatic rings. The highest BCUT2D eigenvalue weighted by Crippen LogP contribution is 2.45. The molecule has 9 nitrogen and oxygen atoms in total. The Kier molecular flexibility index (Phi) is 10.4. The van der Waals surface area contributed by atoms with E-state index in [9.17, 15) is 9.36 Å².